The van der Waals surface area contributed by atoms with Crippen LogP contribution in [-0.4, -0.2) is 24.3 Å². The van der Waals surface area contributed by atoms with E-state index in [1.807, 2.05) is 24.3 Å². The number of benzene rings is 1. The maximum Gasteiger partial charge on any atom is 0.314 e. The normalized spacial score (nSPS) is 28.5. The van der Waals surface area contributed by atoms with Gasteiger partial charge in [0.05, 0.1) is 11.5 Å². The van der Waals surface area contributed by atoms with Crippen molar-refractivity contribution in [2.45, 2.75) is 24.4 Å². The standard InChI is InChI=1S/C12H13BrO3/c1-16-10-6-12(7-10,11(14)15)8-3-2-4-9(13)5-8/h2-5,10H,6-7H2,1H3,(H,14,15). The van der Waals surface area contributed by atoms with Gasteiger partial charge in [-0.3, -0.25) is 4.79 Å². The Morgan fingerprint density at radius 3 is 2.75 bits per heavy atom. The minimum Gasteiger partial charge on any atom is -0.481 e. The molecule has 1 saturated carbocycles. The van der Waals surface area contributed by atoms with E-state index in [1.54, 1.807) is 7.11 Å². The molecule has 0 unspecified atom stereocenters. The predicted octanol–water partition coefficient (Wildman–Crippen LogP) is 2.58. The van der Waals surface area contributed by atoms with Crippen molar-refractivity contribution >= 4 is 21.9 Å². The van der Waals surface area contributed by atoms with Crippen LogP contribution in [0, 0.1) is 0 Å². The summed E-state index contributed by atoms with van der Waals surface area (Å²) in [6.45, 7) is 0. The van der Waals surface area contributed by atoms with Crippen molar-refractivity contribution in [3.05, 3.63) is 34.3 Å². The Morgan fingerprint density at radius 2 is 2.25 bits per heavy atom. The summed E-state index contributed by atoms with van der Waals surface area (Å²) in [4.78, 5) is 11.4. The van der Waals surface area contributed by atoms with E-state index in [4.69, 9.17) is 4.74 Å². The first-order valence-electron chi connectivity index (χ1n) is 5.11. The molecule has 1 fully saturated rings. The molecule has 0 heterocycles. The molecule has 1 aromatic rings. The molecule has 1 aromatic carbocycles. The van der Waals surface area contributed by atoms with Crippen LogP contribution in [0.4, 0.5) is 0 Å². The molecule has 0 amide bonds. The molecule has 0 spiro atoms. The molecule has 0 aromatic heterocycles. The highest BCUT2D eigenvalue weighted by molar-refractivity contribution is 9.10. The molecule has 4 heteroatoms. The summed E-state index contributed by atoms with van der Waals surface area (Å²) in [5, 5.41) is 9.37. The van der Waals surface area contributed by atoms with Crippen LogP contribution in [0.3, 0.4) is 0 Å². The fraction of sp³-hybridized carbons (Fsp3) is 0.417. The summed E-state index contributed by atoms with van der Waals surface area (Å²) in [5.74, 6) is -0.765. The highest BCUT2D eigenvalue weighted by atomic mass is 79.9. The van der Waals surface area contributed by atoms with Crippen LogP contribution in [0.15, 0.2) is 28.7 Å². The third-order valence-corrected chi connectivity index (χ3v) is 3.77. The van der Waals surface area contributed by atoms with E-state index in [0.29, 0.717) is 12.8 Å². The van der Waals surface area contributed by atoms with Gasteiger partial charge in [-0.15, -0.1) is 0 Å². The first-order chi connectivity index (χ1) is 7.58. The van der Waals surface area contributed by atoms with Crippen LogP contribution in [0.2, 0.25) is 0 Å². The average Bonchev–Trinajstić information content (AvgIpc) is 2.16. The van der Waals surface area contributed by atoms with Crippen molar-refractivity contribution in [1.82, 2.24) is 0 Å². The van der Waals surface area contributed by atoms with Crippen LogP contribution in [-0.2, 0) is 14.9 Å². The van der Waals surface area contributed by atoms with E-state index < -0.39 is 11.4 Å². The van der Waals surface area contributed by atoms with E-state index in [1.165, 1.54) is 0 Å². The highest BCUT2D eigenvalue weighted by Crippen LogP contribution is 2.45. The number of hydrogen-bond donors (Lipinski definition) is 1. The molecule has 86 valence electrons. The summed E-state index contributed by atoms with van der Waals surface area (Å²) in [7, 11) is 1.62. The van der Waals surface area contributed by atoms with Crippen molar-refractivity contribution in [2.24, 2.45) is 0 Å². The van der Waals surface area contributed by atoms with Gasteiger partial charge in [0, 0.05) is 11.6 Å². The van der Waals surface area contributed by atoms with Gasteiger partial charge in [0.25, 0.3) is 0 Å². The third-order valence-electron chi connectivity index (χ3n) is 3.27. The Morgan fingerprint density at radius 1 is 1.56 bits per heavy atom. The maximum atomic E-state index is 11.4. The first-order valence-corrected chi connectivity index (χ1v) is 5.90. The number of rotatable bonds is 3. The molecule has 0 aliphatic heterocycles. The number of aliphatic carboxylic acids is 1. The zero-order valence-corrected chi connectivity index (χ0v) is 10.5. The van der Waals surface area contributed by atoms with E-state index >= 15 is 0 Å². The van der Waals surface area contributed by atoms with Gasteiger partial charge in [-0.1, -0.05) is 28.1 Å². The van der Waals surface area contributed by atoms with E-state index in [9.17, 15) is 9.90 Å². The minimum atomic E-state index is -0.765. The van der Waals surface area contributed by atoms with Crippen molar-refractivity contribution in [1.29, 1.82) is 0 Å². The zero-order valence-electron chi connectivity index (χ0n) is 8.94. The maximum absolute atomic E-state index is 11.4. The summed E-state index contributed by atoms with van der Waals surface area (Å²) < 4.78 is 6.08. The van der Waals surface area contributed by atoms with Gasteiger partial charge in [0.2, 0.25) is 0 Å². The number of carbonyl (C=O) groups is 1. The second kappa shape index (κ2) is 4.18. The van der Waals surface area contributed by atoms with Crippen molar-refractivity contribution < 1.29 is 14.6 Å². The van der Waals surface area contributed by atoms with Gasteiger partial charge < -0.3 is 9.84 Å². The predicted molar refractivity (Wildman–Crippen MR) is 63.5 cm³/mol. The highest BCUT2D eigenvalue weighted by Gasteiger charge is 2.52. The molecule has 1 N–H and O–H groups in total. The monoisotopic (exact) mass is 284 g/mol. The SMILES string of the molecule is COC1CC(C(=O)O)(c2cccc(Br)c2)C1. The molecule has 0 radical (unpaired) electrons. The fourth-order valence-electron chi connectivity index (χ4n) is 2.20. The third kappa shape index (κ3) is 1.76. The Hall–Kier alpha value is -0.870. The zero-order chi connectivity index (χ0) is 11.8. The minimum absolute atomic E-state index is 0.0649. The van der Waals surface area contributed by atoms with Crippen LogP contribution in [0.25, 0.3) is 0 Å². The summed E-state index contributed by atoms with van der Waals surface area (Å²) >= 11 is 3.37. The Labute approximate surface area is 103 Å². The summed E-state index contributed by atoms with van der Waals surface area (Å²) in [6.07, 6.45) is 1.17. The quantitative estimate of drug-likeness (QED) is 0.928. The van der Waals surface area contributed by atoms with Gasteiger partial charge in [0.1, 0.15) is 0 Å². The first kappa shape index (κ1) is 11.6. The molecule has 2 rings (SSSR count). The van der Waals surface area contributed by atoms with Gasteiger partial charge in [-0.05, 0) is 30.5 Å². The van der Waals surface area contributed by atoms with Gasteiger partial charge in [-0.25, -0.2) is 0 Å². The second-order valence-electron chi connectivity index (χ2n) is 4.16. The molecule has 3 nitrogen and oxygen atoms in total. The average molecular weight is 285 g/mol. The number of methoxy groups -OCH3 is 1. The van der Waals surface area contributed by atoms with Gasteiger partial charge in [0.15, 0.2) is 0 Å². The molecular formula is C12H13BrO3. The number of ether oxygens (including phenoxy) is 1. The molecular weight excluding hydrogens is 272 g/mol. The topological polar surface area (TPSA) is 46.5 Å². The summed E-state index contributed by atoms with van der Waals surface area (Å²) in [6, 6.07) is 7.50. The Bertz CT molecular complexity index is 410. The van der Waals surface area contributed by atoms with Crippen LogP contribution < -0.4 is 0 Å². The smallest absolute Gasteiger partial charge is 0.314 e. The molecule has 0 saturated heterocycles. The Kier molecular flexibility index (Phi) is 3.04. The van der Waals surface area contributed by atoms with Gasteiger partial charge >= 0.3 is 5.97 Å². The molecule has 0 bridgehead atoms. The number of hydrogen-bond acceptors (Lipinski definition) is 2. The lowest BCUT2D eigenvalue weighted by molar-refractivity contribution is -0.154. The van der Waals surface area contributed by atoms with Crippen molar-refractivity contribution in [2.75, 3.05) is 7.11 Å². The summed E-state index contributed by atoms with van der Waals surface area (Å²) in [5.41, 5.74) is 0.0902. The molecule has 1 aliphatic rings. The number of carboxylic acids is 1. The Balaban J connectivity index is 2.32. The molecule has 1 aliphatic carbocycles. The van der Waals surface area contributed by atoms with E-state index in [-0.39, 0.29) is 6.10 Å². The lowest BCUT2D eigenvalue weighted by atomic mass is 9.62. The van der Waals surface area contributed by atoms with Crippen molar-refractivity contribution in [3.63, 3.8) is 0 Å². The lowest BCUT2D eigenvalue weighted by Gasteiger charge is -2.43. The molecule has 0 atom stereocenters. The van der Waals surface area contributed by atoms with Gasteiger partial charge in [-0.2, -0.15) is 0 Å². The number of halogens is 1. The van der Waals surface area contributed by atoms with E-state index in [0.717, 1.165) is 10.0 Å². The number of carboxylic acid groups (broad SMARTS) is 1. The second-order valence-corrected chi connectivity index (χ2v) is 5.08. The van der Waals surface area contributed by atoms with Crippen molar-refractivity contribution in [3.8, 4) is 0 Å². The fourth-order valence-corrected chi connectivity index (χ4v) is 2.60. The van der Waals surface area contributed by atoms with Crippen LogP contribution in [0.1, 0.15) is 18.4 Å². The molecule has 16 heavy (non-hydrogen) atoms. The largest absolute Gasteiger partial charge is 0.481 e. The van der Waals surface area contributed by atoms with Crippen LogP contribution >= 0.6 is 15.9 Å². The van der Waals surface area contributed by atoms with Crippen LogP contribution in [0.5, 0.6) is 0 Å². The van der Waals surface area contributed by atoms with E-state index in [2.05, 4.69) is 15.9 Å². The lowest BCUT2D eigenvalue weighted by Crippen LogP contribution is -2.51.